The fourth-order valence-electron chi connectivity index (χ4n) is 1.48. The molecule has 0 unspecified atom stereocenters. The van der Waals surface area contributed by atoms with Crippen LogP contribution in [0, 0.1) is 5.92 Å². The van der Waals surface area contributed by atoms with Crippen molar-refractivity contribution in [2.24, 2.45) is 5.92 Å². The number of rotatable bonds is 4. The highest BCUT2D eigenvalue weighted by atomic mass is 16.3. The molecule has 0 aliphatic heterocycles. The Bertz CT molecular complexity index is 301. The van der Waals surface area contributed by atoms with Crippen molar-refractivity contribution < 1.29 is 9.21 Å². The average Bonchev–Trinajstić information content (AvgIpc) is 2.91. The zero-order valence-corrected chi connectivity index (χ0v) is 8.40. The minimum absolute atomic E-state index is 0.288. The van der Waals surface area contributed by atoms with E-state index in [-0.39, 0.29) is 5.91 Å². The molecule has 1 amide bonds. The SMILES string of the molecule is CN(CCc1ccco1)C(=O)C1CC1. The summed E-state index contributed by atoms with van der Waals surface area (Å²) in [5.41, 5.74) is 0. The summed E-state index contributed by atoms with van der Waals surface area (Å²) < 4.78 is 5.20. The van der Waals surface area contributed by atoms with Gasteiger partial charge in [0.25, 0.3) is 0 Å². The van der Waals surface area contributed by atoms with Crippen LogP contribution in [0.4, 0.5) is 0 Å². The number of furan rings is 1. The Kier molecular flexibility index (Phi) is 2.57. The normalized spacial score (nSPS) is 15.5. The lowest BCUT2D eigenvalue weighted by atomic mass is 10.3. The van der Waals surface area contributed by atoms with E-state index in [4.69, 9.17) is 4.42 Å². The fraction of sp³-hybridized carbons (Fsp3) is 0.545. The number of hydrogen-bond donors (Lipinski definition) is 0. The van der Waals surface area contributed by atoms with Gasteiger partial charge in [-0.3, -0.25) is 4.79 Å². The molecule has 0 spiro atoms. The number of carbonyl (C=O) groups is 1. The van der Waals surface area contributed by atoms with E-state index in [0.29, 0.717) is 5.92 Å². The largest absolute Gasteiger partial charge is 0.469 e. The molecule has 0 atom stereocenters. The highest BCUT2D eigenvalue weighted by Gasteiger charge is 2.31. The Morgan fingerprint density at radius 2 is 2.43 bits per heavy atom. The summed E-state index contributed by atoms with van der Waals surface area (Å²) in [5.74, 6) is 1.55. The first-order valence-corrected chi connectivity index (χ1v) is 5.05. The Morgan fingerprint density at radius 1 is 1.64 bits per heavy atom. The van der Waals surface area contributed by atoms with Crippen molar-refractivity contribution >= 4 is 5.91 Å². The van der Waals surface area contributed by atoms with Crippen LogP contribution in [0.2, 0.25) is 0 Å². The van der Waals surface area contributed by atoms with Crippen LogP contribution in [0.15, 0.2) is 22.8 Å². The van der Waals surface area contributed by atoms with E-state index in [0.717, 1.165) is 31.6 Å². The van der Waals surface area contributed by atoms with Gasteiger partial charge in [-0.05, 0) is 25.0 Å². The number of hydrogen-bond acceptors (Lipinski definition) is 2. The third kappa shape index (κ3) is 2.16. The van der Waals surface area contributed by atoms with Crippen molar-refractivity contribution in [2.75, 3.05) is 13.6 Å². The molecule has 0 saturated heterocycles. The molecule has 0 radical (unpaired) electrons. The molecule has 1 heterocycles. The van der Waals surface area contributed by atoms with E-state index in [2.05, 4.69) is 0 Å². The Balaban J connectivity index is 1.77. The van der Waals surface area contributed by atoms with Crippen LogP contribution in [-0.2, 0) is 11.2 Å². The fourth-order valence-corrected chi connectivity index (χ4v) is 1.48. The van der Waals surface area contributed by atoms with E-state index in [9.17, 15) is 4.79 Å². The lowest BCUT2D eigenvalue weighted by molar-refractivity contribution is -0.131. The van der Waals surface area contributed by atoms with Crippen molar-refractivity contribution in [2.45, 2.75) is 19.3 Å². The third-order valence-electron chi connectivity index (χ3n) is 2.58. The van der Waals surface area contributed by atoms with Gasteiger partial charge in [0.1, 0.15) is 5.76 Å². The maximum Gasteiger partial charge on any atom is 0.225 e. The highest BCUT2D eigenvalue weighted by Crippen LogP contribution is 2.30. The Morgan fingerprint density at radius 3 is 3.00 bits per heavy atom. The van der Waals surface area contributed by atoms with Crippen molar-refractivity contribution in [3.05, 3.63) is 24.2 Å². The van der Waals surface area contributed by atoms with Crippen LogP contribution in [0.1, 0.15) is 18.6 Å². The quantitative estimate of drug-likeness (QED) is 0.729. The van der Waals surface area contributed by atoms with E-state index in [1.165, 1.54) is 0 Å². The molecule has 1 saturated carbocycles. The van der Waals surface area contributed by atoms with E-state index in [1.54, 1.807) is 11.2 Å². The second-order valence-electron chi connectivity index (χ2n) is 3.86. The number of nitrogens with zero attached hydrogens (tertiary/aromatic N) is 1. The third-order valence-corrected chi connectivity index (χ3v) is 2.58. The lowest BCUT2D eigenvalue weighted by Crippen LogP contribution is -2.29. The molecule has 1 aromatic rings. The summed E-state index contributed by atoms with van der Waals surface area (Å²) in [6, 6.07) is 3.81. The van der Waals surface area contributed by atoms with E-state index >= 15 is 0 Å². The maximum atomic E-state index is 11.6. The van der Waals surface area contributed by atoms with Crippen LogP contribution in [0.3, 0.4) is 0 Å². The van der Waals surface area contributed by atoms with Gasteiger partial charge in [-0.1, -0.05) is 0 Å². The molecule has 1 aromatic heterocycles. The first kappa shape index (κ1) is 9.31. The predicted octanol–water partition coefficient (Wildman–Crippen LogP) is 1.69. The molecule has 1 fully saturated rings. The highest BCUT2D eigenvalue weighted by molar-refractivity contribution is 5.80. The van der Waals surface area contributed by atoms with Crippen LogP contribution < -0.4 is 0 Å². The van der Waals surface area contributed by atoms with Crippen molar-refractivity contribution in [1.29, 1.82) is 0 Å². The Hall–Kier alpha value is -1.25. The minimum Gasteiger partial charge on any atom is -0.469 e. The smallest absolute Gasteiger partial charge is 0.225 e. The van der Waals surface area contributed by atoms with Gasteiger partial charge in [0, 0.05) is 25.9 Å². The van der Waals surface area contributed by atoms with Crippen molar-refractivity contribution in [3.63, 3.8) is 0 Å². The first-order valence-electron chi connectivity index (χ1n) is 5.05. The van der Waals surface area contributed by atoms with Crippen LogP contribution in [0.25, 0.3) is 0 Å². The monoisotopic (exact) mass is 193 g/mol. The van der Waals surface area contributed by atoms with Gasteiger partial charge in [0.05, 0.1) is 6.26 Å². The van der Waals surface area contributed by atoms with E-state index < -0.39 is 0 Å². The second kappa shape index (κ2) is 3.86. The molecule has 0 aromatic carbocycles. The van der Waals surface area contributed by atoms with Crippen LogP contribution >= 0.6 is 0 Å². The molecule has 1 aliphatic rings. The summed E-state index contributed by atoms with van der Waals surface area (Å²) in [5, 5.41) is 0. The van der Waals surface area contributed by atoms with Crippen LogP contribution in [-0.4, -0.2) is 24.4 Å². The number of likely N-dealkylation sites (N-methyl/N-ethyl adjacent to an activating group) is 1. The standard InChI is InChI=1S/C11H15NO2/c1-12(11(13)9-4-5-9)7-6-10-3-2-8-14-10/h2-3,8-9H,4-7H2,1H3. The molecule has 3 heteroatoms. The first-order chi connectivity index (χ1) is 6.77. The average molecular weight is 193 g/mol. The topological polar surface area (TPSA) is 33.5 Å². The summed E-state index contributed by atoms with van der Waals surface area (Å²) in [6.45, 7) is 0.753. The van der Waals surface area contributed by atoms with Gasteiger partial charge in [0.2, 0.25) is 5.91 Å². The summed E-state index contributed by atoms with van der Waals surface area (Å²) in [6.07, 6.45) is 4.62. The van der Waals surface area contributed by atoms with Gasteiger partial charge < -0.3 is 9.32 Å². The molecule has 0 N–H and O–H groups in total. The van der Waals surface area contributed by atoms with Gasteiger partial charge in [-0.2, -0.15) is 0 Å². The maximum absolute atomic E-state index is 11.6. The van der Waals surface area contributed by atoms with Crippen LogP contribution in [0.5, 0.6) is 0 Å². The minimum atomic E-state index is 0.288. The molecule has 0 bridgehead atoms. The van der Waals surface area contributed by atoms with Gasteiger partial charge in [-0.25, -0.2) is 0 Å². The van der Waals surface area contributed by atoms with Crippen molar-refractivity contribution in [3.8, 4) is 0 Å². The summed E-state index contributed by atoms with van der Waals surface area (Å²) in [7, 11) is 1.86. The van der Waals surface area contributed by atoms with E-state index in [1.807, 2.05) is 19.2 Å². The Labute approximate surface area is 83.7 Å². The zero-order valence-electron chi connectivity index (χ0n) is 8.40. The van der Waals surface area contributed by atoms with Gasteiger partial charge in [0.15, 0.2) is 0 Å². The predicted molar refractivity (Wildman–Crippen MR) is 52.8 cm³/mol. The molecule has 3 nitrogen and oxygen atoms in total. The summed E-state index contributed by atoms with van der Waals surface area (Å²) in [4.78, 5) is 13.4. The van der Waals surface area contributed by atoms with Gasteiger partial charge in [-0.15, -0.1) is 0 Å². The lowest BCUT2D eigenvalue weighted by Gasteiger charge is -2.15. The van der Waals surface area contributed by atoms with Crippen molar-refractivity contribution in [1.82, 2.24) is 4.90 Å². The zero-order chi connectivity index (χ0) is 9.97. The summed E-state index contributed by atoms with van der Waals surface area (Å²) >= 11 is 0. The molecule has 2 rings (SSSR count). The molecule has 14 heavy (non-hydrogen) atoms. The molecular weight excluding hydrogens is 178 g/mol. The molecule has 1 aliphatic carbocycles. The van der Waals surface area contributed by atoms with Gasteiger partial charge >= 0.3 is 0 Å². The second-order valence-corrected chi connectivity index (χ2v) is 3.86. The molecular formula is C11H15NO2. The number of carbonyl (C=O) groups excluding carboxylic acids is 1. The number of amides is 1. The molecule has 76 valence electrons.